The Bertz CT molecular complexity index is 646. The lowest BCUT2D eigenvalue weighted by atomic mass is 10.1. The van der Waals surface area contributed by atoms with E-state index in [9.17, 15) is 0 Å². The minimum atomic E-state index is 0.681. The summed E-state index contributed by atoms with van der Waals surface area (Å²) in [4.78, 5) is 0. The molecule has 3 aromatic rings. The molecule has 0 atom stereocenters. The molecule has 3 heteroatoms. The smallest absolute Gasteiger partial charge is 0.197 e. The van der Waals surface area contributed by atoms with Gasteiger partial charge in [-0.2, -0.15) is 0 Å². The van der Waals surface area contributed by atoms with Gasteiger partial charge in [-0.1, -0.05) is 35.9 Å². The summed E-state index contributed by atoms with van der Waals surface area (Å²) in [6.45, 7) is 0. The van der Waals surface area contributed by atoms with Crippen molar-refractivity contribution in [1.29, 1.82) is 0 Å². The minimum Gasteiger partial charge on any atom is -0.449 e. The second kappa shape index (κ2) is 4.15. The summed E-state index contributed by atoms with van der Waals surface area (Å²) in [5.74, 6) is 0.683. The zero-order valence-electron chi connectivity index (χ0n) is 8.98. The molecule has 0 aliphatic heterocycles. The Morgan fingerprint density at radius 2 is 1.71 bits per heavy atom. The monoisotopic (exact) mass is 243 g/mol. The van der Waals surface area contributed by atoms with E-state index in [1.165, 1.54) is 0 Å². The van der Waals surface area contributed by atoms with Gasteiger partial charge in [-0.25, -0.2) is 0 Å². The molecule has 1 N–H and O–H groups in total. The predicted octanol–water partition coefficient (Wildman–Crippen LogP) is 4.83. The van der Waals surface area contributed by atoms with E-state index in [0.29, 0.717) is 10.9 Å². The van der Waals surface area contributed by atoms with Gasteiger partial charge >= 0.3 is 0 Å². The van der Waals surface area contributed by atoms with E-state index in [4.69, 9.17) is 16.0 Å². The van der Waals surface area contributed by atoms with Crippen molar-refractivity contribution in [3.05, 3.63) is 59.8 Å². The summed E-state index contributed by atoms with van der Waals surface area (Å²) >= 11 is 6.22. The number of benzene rings is 2. The minimum absolute atomic E-state index is 0.681. The molecule has 1 aromatic heterocycles. The van der Waals surface area contributed by atoms with E-state index in [2.05, 4.69) is 11.4 Å². The molecule has 0 fully saturated rings. The third kappa shape index (κ3) is 1.99. The Labute approximate surface area is 104 Å². The number of rotatable bonds is 2. The fraction of sp³-hybridized carbons (Fsp3) is 0. The molecule has 0 saturated heterocycles. The van der Waals surface area contributed by atoms with Gasteiger partial charge in [0.05, 0.1) is 17.0 Å². The molecule has 3 rings (SSSR count). The van der Waals surface area contributed by atoms with Crippen LogP contribution in [0.25, 0.3) is 10.8 Å². The van der Waals surface area contributed by atoms with E-state index >= 15 is 0 Å². The number of hydrogen-bond acceptors (Lipinski definition) is 2. The maximum Gasteiger partial charge on any atom is 0.197 e. The summed E-state index contributed by atoms with van der Waals surface area (Å²) in [7, 11) is 0. The summed E-state index contributed by atoms with van der Waals surface area (Å²) in [5.41, 5.74) is 0.848. The molecule has 0 saturated carbocycles. The van der Waals surface area contributed by atoms with Crippen LogP contribution in [-0.2, 0) is 0 Å². The maximum atomic E-state index is 6.22. The zero-order chi connectivity index (χ0) is 11.7. The highest BCUT2D eigenvalue weighted by Gasteiger charge is 2.04. The molecule has 0 radical (unpaired) electrons. The van der Waals surface area contributed by atoms with Gasteiger partial charge in [-0.15, -0.1) is 0 Å². The normalized spacial score (nSPS) is 10.6. The molecule has 0 aliphatic carbocycles. The van der Waals surface area contributed by atoms with Crippen LogP contribution < -0.4 is 5.32 Å². The standard InChI is InChI=1S/C14H10ClNO/c15-12-8-10-4-1-2-5-11(10)9-13(12)16-14-6-3-7-17-14/h1-9,16H. The molecule has 0 unspecified atom stereocenters. The third-order valence-corrected chi connectivity index (χ3v) is 2.93. The molecular formula is C14H10ClNO. The van der Waals surface area contributed by atoms with E-state index < -0.39 is 0 Å². The summed E-state index contributed by atoms with van der Waals surface area (Å²) < 4.78 is 5.23. The number of halogens is 1. The van der Waals surface area contributed by atoms with Crippen LogP contribution >= 0.6 is 11.6 Å². The van der Waals surface area contributed by atoms with Gasteiger partial charge in [0.15, 0.2) is 5.88 Å². The first-order valence-electron chi connectivity index (χ1n) is 5.32. The highest BCUT2D eigenvalue weighted by molar-refractivity contribution is 6.34. The molecule has 17 heavy (non-hydrogen) atoms. The van der Waals surface area contributed by atoms with Crippen molar-refractivity contribution in [3.8, 4) is 0 Å². The molecule has 2 nitrogen and oxygen atoms in total. The van der Waals surface area contributed by atoms with Crippen molar-refractivity contribution in [2.45, 2.75) is 0 Å². The second-order valence-electron chi connectivity index (χ2n) is 3.78. The van der Waals surface area contributed by atoms with E-state index in [-0.39, 0.29) is 0 Å². The van der Waals surface area contributed by atoms with Crippen molar-refractivity contribution < 1.29 is 4.42 Å². The topological polar surface area (TPSA) is 25.2 Å². The average Bonchev–Trinajstić information content (AvgIpc) is 2.83. The quantitative estimate of drug-likeness (QED) is 0.697. The van der Waals surface area contributed by atoms with Crippen LogP contribution in [0.2, 0.25) is 5.02 Å². The van der Waals surface area contributed by atoms with Gasteiger partial charge in [-0.05, 0) is 29.0 Å². The average molecular weight is 244 g/mol. The summed E-state index contributed by atoms with van der Waals surface area (Å²) in [6.07, 6.45) is 1.62. The predicted molar refractivity (Wildman–Crippen MR) is 70.9 cm³/mol. The zero-order valence-corrected chi connectivity index (χ0v) is 9.74. The van der Waals surface area contributed by atoms with Crippen LogP contribution in [0.15, 0.2) is 59.2 Å². The Morgan fingerprint density at radius 3 is 2.41 bits per heavy atom. The molecule has 2 aromatic carbocycles. The first kappa shape index (κ1) is 10.2. The Kier molecular flexibility index (Phi) is 2.50. The highest BCUT2D eigenvalue weighted by atomic mass is 35.5. The van der Waals surface area contributed by atoms with Crippen molar-refractivity contribution in [1.82, 2.24) is 0 Å². The van der Waals surface area contributed by atoms with Gasteiger partial charge in [0.2, 0.25) is 0 Å². The summed E-state index contributed by atoms with van der Waals surface area (Å²) in [5, 5.41) is 6.10. The first-order valence-corrected chi connectivity index (χ1v) is 5.69. The number of fused-ring (bicyclic) bond motifs is 1. The Hall–Kier alpha value is -1.93. The van der Waals surface area contributed by atoms with Gasteiger partial charge in [0.1, 0.15) is 0 Å². The first-order chi connectivity index (χ1) is 8.33. The largest absolute Gasteiger partial charge is 0.449 e. The second-order valence-corrected chi connectivity index (χ2v) is 4.19. The van der Waals surface area contributed by atoms with Crippen molar-refractivity contribution in [3.63, 3.8) is 0 Å². The third-order valence-electron chi connectivity index (χ3n) is 2.61. The Morgan fingerprint density at radius 1 is 0.941 bits per heavy atom. The molecular weight excluding hydrogens is 234 g/mol. The van der Waals surface area contributed by atoms with Crippen LogP contribution in [0.3, 0.4) is 0 Å². The van der Waals surface area contributed by atoms with Crippen LogP contribution in [0.5, 0.6) is 0 Å². The van der Waals surface area contributed by atoms with Crippen molar-refractivity contribution >= 4 is 33.9 Å². The van der Waals surface area contributed by atoms with Crippen molar-refractivity contribution in [2.75, 3.05) is 5.32 Å². The number of nitrogens with one attached hydrogen (secondary N) is 1. The van der Waals surface area contributed by atoms with Gasteiger partial charge in [0.25, 0.3) is 0 Å². The number of hydrogen-bond donors (Lipinski definition) is 1. The Balaban J connectivity index is 2.07. The fourth-order valence-corrected chi connectivity index (χ4v) is 2.01. The van der Waals surface area contributed by atoms with E-state index in [1.807, 2.05) is 42.5 Å². The van der Waals surface area contributed by atoms with Crippen LogP contribution in [0, 0.1) is 0 Å². The maximum absolute atomic E-state index is 6.22. The van der Waals surface area contributed by atoms with Gasteiger partial charge in [0, 0.05) is 6.07 Å². The van der Waals surface area contributed by atoms with E-state index in [1.54, 1.807) is 6.26 Å². The lowest BCUT2D eigenvalue weighted by Gasteiger charge is -2.07. The van der Waals surface area contributed by atoms with E-state index in [0.717, 1.165) is 16.5 Å². The SMILES string of the molecule is Clc1cc2ccccc2cc1Nc1ccco1. The highest BCUT2D eigenvalue weighted by Crippen LogP contribution is 2.30. The molecule has 0 spiro atoms. The van der Waals surface area contributed by atoms with Crippen molar-refractivity contribution in [2.24, 2.45) is 0 Å². The molecule has 0 amide bonds. The lowest BCUT2D eigenvalue weighted by Crippen LogP contribution is -1.89. The molecule has 0 bridgehead atoms. The lowest BCUT2D eigenvalue weighted by molar-refractivity contribution is 0.585. The molecule has 1 heterocycles. The summed E-state index contributed by atoms with van der Waals surface area (Å²) in [6, 6.07) is 15.7. The van der Waals surface area contributed by atoms with Crippen LogP contribution in [0.4, 0.5) is 11.6 Å². The van der Waals surface area contributed by atoms with Crippen LogP contribution in [0.1, 0.15) is 0 Å². The molecule has 84 valence electrons. The van der Waals surface area contributed by atoms with Gasteiger partial charge in [-0.3, -0.25) is 0 Å². The van der Waals surface area contributed by atoms with Crippen LogP contribution in [-0.4, -0.2) is 0 Å². The molecule has 0 aliphatic rings. The fourth-order valence-electron chi connectivity index (χ4n) is 1.79. The number of anilines is 2. The number of furan rings is 1. The van der Waals surface area contributed by atoms with Gasteiger partial charge < -0.3 is 9.73 Å².